The Morgan fingerprint density at radius 1 is 0.941 bits per heavy atom. The van der Waals surface area contributed by atoms with Gasteiger partial charge in [-0.3, -0.25) is 4.68 Å². The molecule has 3 aromatic carbocycles. The van der Waals surface area contributed by atoms with Crippen molar-refractivity contribution in [2.24, 2.45) is 0 Å². The molecule has 8 heteroatoms. The van der Waals surface area contributed by atoms with Crippen LogP contribution in [0.4, 0.5) is 0 Å². The number of ether oxygens (including phenoxy) is 1. The van der Waals surface area contributed by atoms with Crippen molar-refractivity contribution in [2.75, 3.05) is 6.26 Å². The van der Waals surface area contributed by atoms with E-state index in [0.717, 1.165) is 27.9 Å². The molecule has 0 bridgehead atoms. The molecule has 0 atom stereocenters. The lowest BCUT2D eigenvalue weighted by atomic mass is 9.99. The van der Waals surface area contributed by atoms with Crippen LogP contribution < -0.4 is 0 Å². The number of hydrogen-bond donors (Lipinski definition) is 0. The summed E-state index contributed by atoms with van der Waals surface area (Å²) in [6, 6.07) is 25.9. The third kappa shape index (κ3) is 5.37. The predicted octanol–water partition coefficient (Wildman–Crippen LogP) is 5.51. The Balaban J connectivity index is 1.79. The van der Waals surface area contributed by atoms with E-state index in [1.54, 1.807) is 41.1 Å². The quantitative estimate of drug-likeness (QED) is 0.324. The number of halogens is 1. The molecule has 0 aliphatic rings. The fourth-order valence-corrected chi connectivity index (χ4v) is 4.42. The molecule has 0 fully saturated rings. The van der Waals surface area contributed by atoms with Gasteiger partial charge < -0.3 is 4.74 Å². The van der Waals surface area contributed by atoms with E-state index in [1.807, 2.05) is 42.5 Å². The molecule has 1 heterocycles. The zero-order chi connectivity index (χ0) is 24.1. The van der Waals surface area contributed by atoms with Crippen molar-refractivity contribution in [3.63, 3.8) is 0 Å². The first kappa shape index (κ1) is 23.7. The van der Waals surface area contributed by atoms with Crippen LogP contribution in [0.3, 0.4) is 0 Å². The Morgan fingerprint density at radius 3 is 2.21 bits per heavy atom. The van der Waals surface area contributed by atoms with Crippen LogP contribution in [0.5, 0.6) is 0 Å². The van der Waals surface area contributed by atoms with E-state index in [9.17, 15) is 13.7 Å². The van der Waals surface area contributed by atoms with Gasteiger partial charge in [-0.15, -0.1) is 0 Å². The Morgan fingerprint density at radius 2 is 1.59 bits per heavy atom. The third-order valence-electron chi connectivity index (χ3n) is 5.32. The molecule has 4 aromatic rings. The second-order valence-corrected chi connectivity index (χ2v) is 10.2. The van der Waals surface area contributed by atoms with Crippen molar-refractivity contribution in [2.45, 2.75) is 24.7 Å². The minimum Gasteiger partial charge on any atom is -0.370 e. The molecule has 0 spiro atoms. The van der Waals surface area contributed by atoms with Gasteiger partial charge in [0.05, 0.1) is 29.9 Å². The molecule has 0 N–H and O–H groups in total. The summed E-state index contributed by atoms with van der Waals surface area (Å²) in [5, 5.41) is 14.7. The minimum absolute atomic E-state index is 0.0477. The summed E-state index contributed by atoms with van der Waals surface area (Å²) in [7, 11) is -3.32. The van der Waals surface area contributed by atoms with Crippen molar-refractivity contribution in [3.05, 3.63) is 95.1 Å². The highest BCUT2D eigenvalue weighted by atomic mass is 35.5. The summed E-state index contributed by atoms with van der Waals surface area (Å²) in [6.45, 7) is 0.700. The lowest BCUT2D eigenvalue weighted by Crippen LogP contribution is -2.06. The van der Waals surface area contributed by atoms with Crippen molar-refractivity contribution < 1.29 is 13.2 Å². The second kappa shape index (κ2) is 10.2. The Hall–Kier alpha value is -3.44. The largest absolute Gasteiger partial charge is 0.370 e. The normalized spacial score (nSPS) is 11.3. The highest BCUT2D eigenvalue weighted by Gasteiger charge is 2.21. The van der Waals surface area contributed by atoms with Gasteiger partial charge >= 0.3 is 0 Å². The number of nitrogens with zero attached hydrogens (tertiary/aromatic N) is 3. The fraction of sp³-hybridized carbons (Fsp3) is 0.154. The first-order chi connectivity index (χ1) is 16.4. The van der Waals surface area contributed by atoms with E-state index in [-0.39, 0.29) is 18.0 Å². The SMILES string of the molecule is CS(=O)(=O)c1ccc(-c2nn(CC#N)c(COCc3ccccc3)c2-c2ccc(Cl)cc2)cc1. The van der Waals surface area contributed by atoms with Gasteiger partial charge in [-0.05, 0) is 35.4 Å². The molecule has 172 valence electrons. The van der Waals surface area contributed by atoms with E-state index in [2.05, 4.69) is 6.07 Å². The van der Waals surface area contributed by atoms with Crippen molar-refractivity contribution >= 4 is 21.4 Å². The average molecular weight is 492 g/mol. The number of nitriles is 1. The highest BCUT2D eigenvalue weighted by Crippen LogP contribution is 2.36. The van der Waals surface area contributed by atoms with Gasteiger partial charge in [0, 0.05) is 22.4 Å². The van der Waals surface area contributed by atoms with E-state index in [1.165, 1.54) is 6.26 Å². The molecule has 1 aromatic heterocycles. The zero-order valence-corrected chi connectivity index (χ0v) is 20.1. The van der Waals surface area contributed by atoms with E-state index in [4.69, 9.17) is 21.4 Å². The number of aromatic nitrogens is 2. The Labute approximate surface area is 203 Å². The summed E-state index contributed by atoms with van der Waals surface area (Å²) in [4.78, 5) is 0.229. The molecule has 0 unspecified atom stereocenters. The Kier molecular flexibility index (Phi) is 7.13. The molecular formula is C26H22ClN3O3S. The molecule has 0 aliphatic carbocycles. The molecule has 6 nitrogen and oxygen atoms in total. The fourth-order valence-electron chi connectivity index (χ4n) is 3.66. The van der Waals surface area contributed by atoms with E-state index in [0.29, 0.717) is 17.3 Å². The smallest absolute Gasteiger partial charge is 0.175 e. The lowest BCUT2D eigenvalue weighted by molar-refractivity contribution is 0.102. The van der Waals surface area contributed by atoms with Crippen LogP contribution in [-0.4, -0.2) is 24.5 Å². The monoisotopic (exact) mass is 491 g/mol. The maximum atomic E-state index is 11.9. The summed E-state index contributed by atoms with van der Waals surface area (Å²) >= 11 is 6.12. The van der Waals surface area contributed by atoms with E-state index >= 15 is 0 Å². The molecule has 0 aliphatic heterocycles. The van der Waals surface area contributed by atoms with E-state index < -0.39 is 9.84 Å². The lowest BCUT2D eigenvalue weighted by Gasteiger charge is -2.10. The first-order valence-electron chi connectivity index (χ1n) is 10.5. The molecule has 0 radical (unpaired) electrons. The maximum Gasteiger partial charge on any atom is 0.175 e. The average Bonchev–Trinajstić information content (AvgIpc) is 3.18. The highest BCUT2D eigenvalue weighted by molar-refractivity contribution is 7.90. The molecule has 4 rings (SSSR count). The van der Waals surface area contributed by atoms with Gasteiger partial charge in [0.2, 0.25) is 0 Å². The summed E-state index contributed by atoms with van der Waals surface area (Å²) in [5.41, 5.74) is 4.84. The van der Waals surface area contributed by atoms with Gasteiger partial charge in [0.15, 0.2) is 9.84 Å². The van der Waals surface area contributed by atoms with Crippen LogP contribution in [0.25, 0.3) is 22.4 Å². The van der Waals surface area contributed by atoms with Crippen LogP contribution in [0, 0.1) is 11.3 Å². The zero-order valence-electron chi connectivity index (χ0n) is 18.5. The first-order valence-corrected chi connectivity index (χ1v) is 12.8. The summed E-state index contributed by atoms with van der Waals surface area (Å²) < 4.78 is 31.4. The molecule has 0 amide bonds. The second-order valence-electron chi connectivity index (χ2n) is 7.77. The number of sulfone groups is 1. The van der Waals surface area contributed by atoms with Crippen molar-refractivity contribution in [1.29, 1.82) is 5.26 Å². The predicted molar refractivity (Wildman–Crippen MR) is 132 cm³/mol. The van der Waals surface area contributed by atoms with Crippen LogP contribution in [0.2, 0.25) is 5.02 Å². The topological polar surface area (TPSA) is 85.0 Å². The number of rotatable bonds is 8. The summed E-state index contributed by atoms with van der Waals surface area (Å²) in [5.74, 6) is 0. The van der Waals surface area contributed by atoms with Gasteiger partial charge in [-0.1, -0.05) is 66.2 Å². The maximum absolute atomic E-state index is 11.9. The minimum atomic E-state index is -3.32. The van der Waals surface area contributed by atoms with Gasteiger partial charge in [-0.2, -0.15) is 10.4 Å². The molecule has 0 saturated heterocycles. The summed E-state index contributed by atoms with van der Waals surface area (Å²) in [6.07, 6.45) is 1.17. The standard InChI is InChI=1S/C26H22ClN3O3S/c1-34(31,32)23-13-9-21(10-14-23)26-25(20-7-11-22(27)12-8-20)24(30(29-26)16-15-28)18-33-17-19-5-3-2-4-6-19/h2-14H,16-18H2,1H3. The van der Waals surface area contributed by atoms with Gasteiger partial charge in [0.1, 0.15) is 12.2 Å². The van der Waals surface area contributed by atoms with Crippen molar-refractivity contribution in [3.8, 4) is 28.5 Å². The van der Waals surface area contributed by atoms with Gasteiger partial charge in [0.25, 0.3) is 0 Å². The van der Waals surface area contributed by atoms with Crippen LogP contribution in [0.1, 0.15) is 11.3 Å². The van der Waals surface area contributed by atoms with Crippen LogP contribution in [-0.2, 0) is 34.3 Å². The van der Waals surface area contributed by atoms with Crippen LogP contribution in [0.15, 0.2) is 83.8 Å². The number of hydrogen-bond acceptors (Lipinski definition) is 5. The Bertz CT molecular complexity index is 1420. The van der Waals surface area contributed by atoms with Gasteiger partial charge in [-0.25, -0.2) is 8.42 Å². The molecule has 0 saturated carbocycles. The number of benzene rings is 3. The third-order valence-corrected chi connectivity index (χ3v) is 6.70. The van der Waals surface area contributed by atoms with Crippen molar-refractivity contribution in [1.82, 2.24) is 9.78 Å². The molecular weight excluding hydrogens is 470 g/mol. The van der Waals surface area contributed by atoms with Crippen LogP contribution >= 0.6 is 11.6 Å². The molecule has 34 heavy (non-hydrogen) atoms.